The second-order valence-electron chi connectivity index (χ2n) is 9.23. The number of nitrogens with zero attached hydrogens (tertiary/aromatic N) is 2. The fraction of sp³-hybridized carbons (Fsp3) is 0.250. The van der Waals surface area contributed by atoms with Crippen LogP contribution in [0.4, 0.5) is 18.9 Å². The van der Waals surface area contributed by atoms with Crippen molar-refractivity contribution in [2.24, 2.45) is 0 Å². The topological polar surface area (TPSA) is 48.6 Å². The van der Waals surface area contributed by atoms with Crippen molar-refractivity contribution in [1.29, 1.82) is 0 Å². The first kappa shape index (κ1) is 28.0. The van der Waals surface area contributed by atoms with Crippen LogP contribution in [0.3, 0.4) is 0 Å². The summed E-state index contributed by atoms with van der Waals surface area (Å²) >= 11 is 10.0. The summed E-state index contributed by atoms with van der Waals surface area (Å²) in [7, 11) is 3.82. The van der Waals surface area contributed by atoms with E-state index in [1.54, 1.807) is 12.1 Å². The predicted octanol–water partition coefficient (Wildman–Crippen LogP) is 7.67. The summed E-state index contributed by atoms with van der Waals surface area (Å²) in [4.78, 5) is 19.9. The van der Waals surface area contributed by atoms with Crippen molar-refractivity contribution in [2.75, 3.05) is 19.0 Å². The molecule has 0 saturated carbocycles. The highest BCUT2D eigenvalue weighted by Gasteiger charge is 2.31. The number of alkyl halides is 3. The maximum absolute atomic E-state index is 13.0. The lowest BCUT2D eigenvalue weighted by Crippen LogP contribution is -2.29. The first-order valence-corrected chi connectivity index (χ1v) is 12.9. The van der Waals surface area contributed by atoms with Gasteiger partial charge >= 0.3 is 6.36 Å². The molecule has 4 aromatic rings. The standard InChI is InChI=1S/C28H26BrClF3N3O2/c1-17(19-6-11-26(35(2)3)24(30)14-19)36(15-18-4-8-23(9-5-18)38-28(31,32)33)16-21-12-20-13-22(29)7-10-25(20)34-27(21)37/h4-14,17H,15-16H2,1-3H3,(H,34,37). The zero-order chi connectivity index (χ0) is 27.6. The molecule has 0 aliphatic rings. The summed E-state index contributed by atoms with van der Waals surface area (Å²) < 4.78 is 42.7. The highest BCUT2D eigenvalue weighted by Crippen LogP contribution is 2.32. The van der Waals surface area contributed by atoms with E-state index in [0.717, 1.165) is 32.2 Å². The first-order valence-electron chi connectivity index (χ1n) is 11.8. The molecule has 5 nitrogen and oxygen atoms in total. The molecular formula is C28H26BrClF3N3O2. The van der Waals surface area contributed by atoms with Crippen molar-refractivity contribution >= 4 is 44.1 Å². The Labute approximate surface area is 231 Å². The molecule has 0 radical (unpaired) electrons. The van der Waals surface area contributed by atoms with Gasteiger partial charge in [-0.05, 0) is 72.0 Å². The number of nitrogens with one attached hydrogen (secondary N) is 1. The van der Waals surface area contributed by atoms with Crippen LogP contribution in [-0.2, 0) is 13.1 Å². The summed E-state index contributed by atoms with van der Waals surface area (Å²) in [6.07, 6.45) is -4.76. The molecule has 200 valence electrons. The minimum Gasteiger partial charge on any atom is -0.406 e. The number of hydrogen-bond donors (Lipinski definition) is 1. The van der Waals surface area contributed by atoms with Gasteiger partial charge in [-0.1, -0.05) is 45.7 Å². The third kappa shape index (κ3) is 6.89. The molecular weight excluding hydrogens is 583 g/mol. The van der Waals surface area contributed by atoms with E-state index in [4.69, 9.17) is 11.6 Å². The Hall–Kier alpha value is -3.01. The molecule has 0 amide bonds. The lowest BCUT2D eigenvalue weighted by molar-refractivity contribution is -0.274. The summed E-state index contributed by atoms with van der Waals surface area (Å²) in [5.74, 6) is -0.288. The Kier molecular flexibility index (Phi) is 8.40. The Morgan fingerprint density at radius 1 is 1.00 bits per heavy atom. The van der Waals surface area contributed by atoms with Gasteiger partial charge in [0.15, 0.2) is 0 Å². The minimum absolute atomic E-state index is 0.174. The molecule has 0 spiro atoms. The Bertz CT molecular complexity index is 1490. The first-order chi connectivity index (χ1) is 17.9. The molecule has 0 saturated heterocycles. The number of rotatable bonds is 8. The number of pyridine rings is 1. The summed E-state index contributed by atoms with van der Waals surface area (Å²) in [6.45, 7) is 2.68. The minimum atomic E-state index is -4.76. The van der Waals surface area contributed by atoms with Crippen LogP contribution in [-0.4, -0.2) is 30.3 Å². The van der Waals surface area contributed by atoms with Crippen molar-refractivity contribution in [3.63, 3.8) is 0 Å². The number of halogens is 5. The highest BCUT2D eigenvalue weighted by molar-refractivity contribution is 9.10. The van der Waals surface area contributed by atoms with E-state index in [0.29, 0.717) is 23.7 Å². The van der Waals surface area contributed by atoms with E-state index in [9.17, 15) is 18.0 Å². The molecule has 1 unspecified atom stereocenters. The maximum Gasteiger partial charge on any atom is 0.573 e. The maximum atomic E-state index is 13.0. The van der Waals surface area contributed by atoms with Gasteiger partial charge in [0.2, 0.25) is 0 Å². The number of H-pyrrole nitrogens is 1. The smallest absolute Gasteiger partial charge is 0.406 e. The van der Waals surface area contributed by atoms with E-state index in [-0.39, 0.29) is 17.4 Å². The van der Waals surface area contributed by atoms with Crippen molar-refractivity contribution in [1.82, 2.24) is 9.88 Å². The van der Waals surface area contributed by atoms with Crippen LogP contribution in [0, 0.1) is 0 Å². The molecule has 0 bridgehead atoms. The summed E-state index contributed by atoms with van der Waals surface area (Å²) in [5.41, 5.74) is 3.68. The molecule has 1 atom stereocenters. The van der Waals surface area contributed by atoms with E-state index < -0.39 is 6.36 Å². The number of fused-ring (bicyclic) bond motifs is 1. The molecule has 1 aromatic heterocycles. The average Bonchev–Trinajstić information content (AvgIpc) is 2.83. The van der Waals surface area contributed by atoms with Crippen molar-refractivity contribution in [3.05, 3.63) is 103 Å². The predicted molar refractivity (Wildman–Crippen MR) is 149 cm³/mol. The van der Waals surface area contributed by atoms with Crippen LogP contribution >= 0.6 is 27.5 Å². The molecule has 0 aliphatic carbocycles. The number of aromatic nitrogens is 1. The van der Waals surface area contributed by atoms with Crippen LogP contribution < -0.4 is 15.2 Å². The highest BCUT2D eigenvalue weighted by atomic mass is 79.9. The van der Waals surface area contributed by atoms with Gasteiger partial charge in [0.1, 0.15) is 5.75 Å². The van der Waals surface area contributed by atoms with Gasteiger partial charge in [-0.3, -0.25) is 9.69 Å². The van der Waals surface area contributed by atoms with Gasteiger partial charge in [0, 0.05) is 48.8 Å². The summed E-state index contributed by atoms with van der Waals surface area (Å²) in [5, 5.41) is 1.48. The fourth-order valence-electron chi connectivity index (χ4n) is 4.28. The lowest BCUT2D eigenvalue weighted by Gasteiger charge is -2.30. The Balaban J connectivity index is 1.68. The van der Waals surface area contributed by atoms with Gasteiger partial charge < -0.3 is 14.6 Å². The monoisotopic (exact) mass is 607 g/mol. The third-order valence-electron chi connectivity index (χ3n) is 6.28. The average molecular weight is 609 g/mol. The quantitative estimate of drug-likeness (QED) is 0.223. The molecule has 0 fully saturated rings. The van der Waals surface area contributed by atoms with Gasteiger partial charge in [0.25, 0.3) is 5.56 Å². The number of ether oxygens (including phenoxy) is 1. The van der Waals surface area contributed by atoms with Crippen molar-refractivity contribution < 1.29 is 17.9 Å². The van der Waals surface area contributed by atoms with E-state index in [2.05, 4.69) is 30.6 Å². The fourth-order valence-corrected chi connectivity index (χ4v) is 5.01. The van der Waals surface area contributed by atoms with Crippen LogP contribution in [0.5, 0.6) is 5.75 Å². The third-order valence-corrected chi connectivity index (χ3v) is 7.08. The lowest BCUT2D eigenvalue weighted by atomic mass is 10.0. The van der Waals surface area contributed by atoms with Gasteiger partial charge in [-0.15, -0.1) is 13.2 Å². The molecule has 10 heteroatoms. The molecule has 4 rings (SSSR count). The Morgan fingerprint density at radius 3 is 2.34 bits per heavy atom. The molecule has 0 aliphatic heterocycles. The van der Waals surface area contributed by atoms with Gasteiger partial charge in [-0.2, -0.15) is 0 Å². The molecule has 1 heterocycles. The van der Waals surface area contributed by atoms with Crippen LogP contribution in [0.2, 0.25) is 5.02 Å². The van der Waals surface area contributed by atoms with Crippen molar-refractivity contribution in [2.45, 2.75) is 32.4 Å². The normalized spacial score (nSPS) is 12.7. The van der Waals surface area contributed by atoms with E-state index in [1.807, 2.05) is 68.4 Å². The second-order valence-corrected chi connectivity index (χ2v) is 10.6. The summed E-state index contributed by atoms with van der Waals surface area (Å²) in [6, 6.07) is 18.9. The number of anilines is 1. The van der Waals surface area contributed by atoms with E-state index >= 15 is 0 Å². The number of aromatic amines is 1. The molecule has 1 N–H and O–H groups in total. The molecule has 3 aromatic carbocycles. The van der Waals surface area contributed by atoms with Crippen LogP contribution in [0.25, 0.3) is 10.9 Å². The van der Waals surface area contributed by atoms with Gasteiger partial charge in [0.05, 0.1) is 10.7 Å². The molecule has 38 heavy (non-hydrogen) atoms. The Morgan fingerprint density at radius 2 is 1.71 bits per heavy atom. The zero-order valence-electron chi connectivity index (χ0n) is 20.9. The zero-order valence-corrected chi connectivity index (χ0v) is 23.3. The second kappa shape index (κ2) is 11.4. The van der Waals surface area contributed by atoms with Crippen molar-refractivity contribution in [3.8, 4) is 5.75 Å². The van der Waals surface area contributed by atoms with Gasteiger partial charge in [-0.25, -0.2) is 0 Å². The van der Waals surface area contributed by atoms with E-state index in [1.165, 1.54) is 12.1 Å². The number of benzene rings is 3. The largest absolute Gasteiger partial charge is 0.573 e. The van der Waals surface area contributed by atoms with Crippen LogP contribution in [0.1, 0.15) is 29.7 Å². The SMILES string of the molecule is CC(c1ccc(N(C)C)c(Cl)c1)N(Cc1ccc(OC(F)(F)F)cc1)Cc1cc2cc(Br)ccc2[nH]c1=O. The van der Waals surface area contributed by atoms with Crippen LogP contribution in [0.15, 0.2) is 76.0 Å². The number of hydrogen-bond acceptors (Lipinski definition) is 4.